The van der Waals surface area contributed by atoms with Gasteiger partial charge in [0.05, 0.1) is 6.61 Å². The summed E-state index contributed by atoms with van der Waals surface area (Å²) in [7, 11) is 0. The molecule has 0 fully saturated rings. The van der Waals surface area contributed by atoms with Crippen molar-refractivity contribution in [3.05, 3.63) is 41.5 Å². The molecule has 1 aliphatic heterocycles. The van der Waals surface area contributed by atoms with Crippen LogP contribution < -0.4 is 5.32 Å². The van der Waals surface area contributed by atoms with Gasteiger partial charge in [-0.25, -0.2) is 4.79 Å². The number of hydrogen-bond donors (Lipinski definition) is 1. The molecule has 1 aliphatic carbocycles. The SMILES string of the molecule is CCOC(=O)[C@@H]1Nc2ccc(C(C)=O)cc2[C@@H]2C=CC[C@@H]12. The molecule has 3 rings (SSSR count). The molecule has 0 aromatic heterocycles. The monoisotopic (exact) mass is 285 g/mol. The Labute approximate surface area is 124 Å². The molecule has 0 bridgehead atoms. The Morgan fingerprint density at radius 2 is 2.19 bits per heavy atom. The fraction of sp³-hybridized carbons (Fsp3) is 0.412. The number of nitrogens with one attached hydrogen (secondary N) is 1. The molecular weight excluding hydrogens is 266 g/mol. The zero-order valence-corrected chi connectivity index (χ0v) is 12.3. The number of hydrogen-bond acceptors (Lipinski definition) is 4. The Bertz CT molecular complexity index is 620. The molecule has 21 heavy (non-hydrogen) atoms. The van der Waals surface area contributed by atoms with Crippen molar-refractivity contribution >= 4 is 17.4 Å². The third-order valence-electron chi connectivity index (χ3n) is 4.31. The van der Waals surface area contributed by atoms with E-state index in [1.807, 2.05) is 19.1 Å². The largest absolute Gasteiger partial charge is 0.464 e. The van der Waals surface area contributed by atoms with E-state index in [0.29, 0.717) is 12.2 Å². The molecule has 2 aliphatic rings. The maximum Gasteiger partial charge on any atom is 0.328 e. The fourth-order valence-electron chi connectivity index (χ4n) is 3.28. The fourth-order valence-corrected chi connectivity index (χ4v) is 3.28. The van der Waals surface area contributed by atoms with Crippen molar-refractivity contribution < 1.29 is 14.3 Å². The van der Waals surface area contributed by atoms with Crippen molar-refractivity contribution in [2.24, 2.45) is 5.92 Å². The van der Waals surface area contributed by atoms with Crippen molar-refractivity contribution in [2.45, 2.75) is 32.2 Å². The van der Waals surface area contributed by atoms with E-state index in [1.54, 1.807) is 13.0 Å². The quantitative estimate of drug-likeness (QED) is 0.527. The minimum Gasteiger partial charge on any atom is -0.464 e. The van der Waals surface area contributed by atoms with Crippen LogP contribution in [0.2, 0.25) is 0 Å². The predicted molar refractivity (Wildman–Crippen MR) is 80.5 cm³/mol. The summed E-state index contributed by atoms with van der Waals surface area (Å²) in [6.45, 7) is 3.78. The van der Waals surface area contributed by atoms with Gasteiger partial charge < -0.3 is 10.1 Å². The normalized spacial score (nSPS) is 25.7. The van der Waals surface area contributed by atoms with Crippen LogP contribution in [-0.4, -0.2) is 24.4 Å². The molecule has 0 saturated heterocycles. The number of Topliss-reactive ketones (excluding diaryl/α,β-unsaturated/α-hetero) is 1. The van der Waals surface area contributed by atoms with Gasteiger partial charge in [-0.1, -0.05) is 12.2 Å². The Hall–Kier alpha value is -2.10. The van der Waals surface area contributed by atoms with Gasteiger partial charge in [-0.2, -0.15) is 0 Å². The summed E-state index contributed by atoms with van der Waals surface area (Å²) in [5.41, 5.74) is 2.73. The summed E-state index contributed by atoms with van der Waals surface area (Å²) in [4.78, 5) is 23.7. The molecular formula is C17H19NO3. The summed E-state index contributed by atoms with van der Waals surface area (Å²) >= 11 is 0. The van der Waals surface area contributed by atoms with Gasteiger partial charge >= 0.3 is 5.97 Å². The Morgan fingerprint density at radius 3 is 2.90 bits per heavy atom. The lowest BCUT2D eigenvalue weighted by molar-refractivity contribution is -0.145. The molecule has 0 saturated carbocycles. The van der Waals surface area contributed by atoms with Crippen LogP contribution in [0.3, 0.4) is 0 Å². The highest BCUT2D eigenvalue weighted by Crippen LogP contribution is 2.45. The van der Waals surface area contributed by atoms with Gasteiger partial charge in [0.15, 0.2) is 5.78 Å². The minimum atomic E-state index is -0.319. The molecule has 4 heteroatoms. The topological polar surface area (TPSA) is 55.4 Å². The van der Waals surface area contributed by atoms with E-state index >= 15 is 0 Å². The van der Waals surface area contributed by atoms with E-state index in [2.05, 4.69) is 17.5 Å². The van der Waals surface area contributed by atoms with Crippen molar-refractivity contribution in [1.82, 2.24) is 0 Å². The van der Waals surface area contributed by atoms with E-state index in [4.69, 9.17) is 4.74 Å². The van der Waals surface area contributed by atoms with Crippen LogP contribution in [-0.2, 0) is 9.53 Å². The summed E-state index contributed by atoms with van der Waals surface area (Å²) < 4.78 is 5.18. The zero-order valence-electron chi connectivity index (χ0n) is 12.3. The number of ether oxygens (including phenoxy) is 1. The highest BCUT2D eigenvalue weighted by molar-refractivity contribution is 5.95. The average molecular weight is 285 g/mol. The van der Waals surface area contributed by atoms with E-state index in [-0.39, 0.29) is 29.6 Å². The Morgan fingerprint density at radius 1 is 1.38 bits per heavy atom. The number of ketones is 1. The predicted octanol–water partition coefficient (Wildman–Crippen LogP) is 2.91. The minimum absolute atomic E-state index is 0.0591. The molecule has 0 radical (unpaired) electrons. The highest BCUT2D eigenvalue weighted by Gasteiger charge is 2.41. The van der Waals surface area contributed by atoms with E-state index < -0.39 is 0 Å². The molecule has 1 N–H and O–H groups in total. The van der Waals surface area contributed by atoms with Crippen LogP contribution in [0.25, 0.3) is 0 Å². The maximum atomic E-state index is 12.2. The first-order chi connectivity index (χ1) is 10.1. The number of anilines is 1. The number of carbonyl (C=O) groups excluding carboxylic acids is 2. The van der Waals surface area contributed by atoms with Gasteiger partial charge in [-0.05, 0) is 44.0 Å². The van der Waals surface area contributed by atoms with Crippen molar-refractivity contribution in [3.63, 3.8) is 0 Å². The lowest BCUT2D eigenvalue weighted by Gasteiger charge is -2.35. The van der Waals surface area contributed by atoms with Crippen LogP contribution in [0, 0.1) is 5.92 Å². The van der Waals surface area contributed by atoms with Gasteiger partial charge in [-0.3, -0.25) is 4.79 Å². The van der Waals surface area contributed by atoms with E-state index in [1.165, 1.54) is 0 Å². The van der Waals surface area contributed by atoms with Gasteiger partial charge in [0.25, 0.3) is 0 Å². The van der Waals surface area contributed by atoms with Crippen LogP contribution in [0.4, 0.5) is 5.69 Å². The van der Waals surface area contributed by atoms with Gasteiger partial charge in [0.1, 0.15) is 6.04 Å². The third kappa shape index (κ3) is 2.35. The Balaban J connectivity index is 1.98. The lowest BCUT2D eigenvalue weighted by atomic mass is 9.78. The lowest BCUT2D eigenvalue weighted by Crippen LogP contribution is -2.43. The standard InChI is InChI=1S/C17H19NO3/c1-3-21-17(20)16-13-6-4-5-12(13)14-9-11(10(2)19)7-8-15(14)18-16/h4-5,7-9,12-13,16,18H,3,6H2,1-2H3/t12-,13-,16-/m1/s1. The van der Waals surface area contributed by atoms with Gasteiger partial charge in [-0.15, -0.1) is 0 Å². The van der Waals surface area contributed by atoms with Crippen LogP contribution in [0.15, 0.2) is 30.4 Å². The average Bonchev–Trinajstić information content (AvgIpc) is 2.95. The van der Waals surface area contributed by atoms with E-state index in [0.717, 1.165) is 17.7 Å². The number of allylic oxidation sites excluding steroid dienone is 2. The second-order valence-corrected chi connectivity index (χ2v) is 5.59. The molecule has 3 atom stereocenters. The van der Waals surface area contributed by atoms with E-state index in [9.17, 15) is 9.59 Å². The molecule has 0 amide bonds. The Kier molecular flexibility index (Phi) is 3.53. The zero-order chi connectivity index (χ0) is 15.0. The molecule has 110 valence electrons. The summed E-state index contributed by atoms with van der Waals surface area (Å²) in [6.07, 6.45) is 5.10. The van der Waals surface area contributed by atoms with Crippen LogP contribution >= 0.6 is 0 Å². The van der Waals surface area contributed by atoms with Gasteiger partial charge in [0.2, 0.25) is 0 Å². The van der Waals surface area contributed by atoms with Crippen molar-refractivity contribution in [3.8, 4) is 0 Å². The summed E-state index contributed by atoms with van der Waals surface area (Å²) in [5.74, 6) is 0.204. The molecule has 0 spiro atoms. The molecule has 1 heterocycles. The first-order valence-electron chi connectivity index (χ1n) is 7.36. The highest BCUT2D eigenvalue weighted by atomic mass is 16.5. The van der Waals surface area contributed by atoms with Crippen molar-refractivity contribution in [2.75, 3.05) is 11.9 Å². The molecule has 0 unspecified atom stereocenters. The molecule has 1 aromatic rings. The number of benzene rings is 1. The van der Waals surface area contributed by atoms with Crippen LogP contribution in [0.5, 0.6) is 0 Å². The smallest absolute Gasteiger partial charge is 0.328 e. The second-order valence-electron chi connectivity index (χ2n) is 5.59. The first kappa shape index (κ1) is 13.9. The summed E-state index contributed by atoms with van der Waals surface area (Å²) in [6, 6.07) is 5.32. The van der Waals surface area contributed by atoms with Crippen LogP contribution in [0.1, 0.15) is 42.1 Å². The third-order valence-corrected chi connectivity index (χ3v) is 4.31. The maximum absolute atomic E-state index is 12.2. The molecule has 1 aromatic carbocycles. The number of fused-ring (bicyclic) bond motifs is 3. The number of carbonyl (C=O) groups is 2. The molecule has 4 nitrogen and oxygen atoms in total. The van der Waals surface area contributed by atoms with Gasteiger partial charge in [0, 0.05) is 23.1 Å². The number of rotatable bonds is 3. The number of esters is 1. The second kappa shape index (κ2) is 5.35. The van der Waals surface area contributed by atoms with Crippen molar-refractivity contribution in [1.29, 1.82) is 0 Å². The summed E-state index contributed by atoms with van der Waals surface area (Å²) in [5, 5.41) is 3.29. The first-order valence-corrected chi connectivity index (χ1v) is 7.36.